The molecule has 45 heavy (non-hydrogen) atoms. The van der Waals surface area contributed by atoms with E-state index in [1.807, 2.05) is 29.3 Å². The number of hydrogen-bond acceptors (Lipinski definition) is 6. The van der Waals surface area contributed by atoms with Crippen LogP contribution >= 0.6 is 46.1 Å². The zero-order valence-electron chi connectivity index (χ0n) is 24.0. The van der Waals surface area contributed by atoms with E-state index in [-0.39, 0.29) is 12.2 Å². The third-order valence-corrected chi connectivity index (χ3v) is 10.1. The number of carbonyl (C=O) groups is 1. The number of aromatic nitrogens is 2. The molecule has 4 heterocycles. The smallest absolute Gasteiger partial charge is 0.286 e. The summed E-state index contributed by atoms with van der Waals surface area (Å²) in [6.45, 7) is 2.71. The van der Waals surface area contributed by atoms with Gasteiger partial charge in [0.1, 0.15) is 0 Å². The van der Waals surface area contributed by atoms with Crippen LogP contribution in [0.15, 0.2) is 54.6 Å². The number of hydrogen-bond donors (Lipinski definition) is 2. The molecule has 1 unspecified atom stereocenters. The normalized spacial score (nSPS) is 16.2. The average molecular weight is 704 g/mol. The van der Waals surface area contributed by atoms with E-state index < -0.39 is 17.2 Å². The van der Waals surface area contributed by atoms with Crippen LogP contribution < -0.4 is 5.43 Å². The first-order chi connectivity index (χ1) is 21.8. The fraction of sp³-hybridized carbons (Fsp3) is 0.290. The molecule has 2 N–H and O–H groups in total. The minimum atomic E-state index is -2.33. The molecule has 2 fully saturated rings. The molecule has 0 spiro atoms. The van der Waals surface area contributed by atoms with Crippen molar-refractivity contribution in [3.63, 3.8) is 0 Å². The second kappa shape index (κ2) is 14.3. The predicted octanol–water partition coefficient (Wildman–Crippen LogP) is 6.65. The Kier molecular flexibility index (Phi) is 10.3. The van der Waals surface area contributed by atoms with Crippen LogP contribution in [0, 0.1) is 11.8 Å². The first kappa shape index (κ1) is 32.2. The summed E-state index contributed by atoms with van der Waals surface area (Å²) in [6.07, 6.45) is 3.98. The number of benzene rings is 2. The summed E-state index contributed by atoms with van der Waals surface area (Å²) in [6, 6.07) is 16.2. The molecule has 234 valence electrons. The molecule has 1 atom stereocenters. The zero-order valence-corrected chi connectivity index (χ0v) is 27.9. The lowest BCUT2D eigenvalue weighted by atomic mass is 10.1. The lowest BCUT2D eigenvalue weighted by molar-refractivity contribution is -0.00699. The number of rotatable bonds is 8. The second-order valence-electron chi connectivity index (χ2n) is 10.6. The Morgan fingerprint density at radius 3 is 2.36 bits per heavy atom. The molecule has 0 radical (unpaired) electrons. The molecule has 2 aliphatic rings. The van der Waals surface area contributed by atoms with E-state index in [0.29, 0.717) is 45.1 Å². The van der Waals surface area contributed by atoms with Crippen molar-refractivity contribution < 1.29 is 13.6 Å². The third kappa shape index (κ3) is 7.46. The lowest BCUT2D eigenvalue weighted by Crippen LogP contribution is -2.51. The predicted molar refractivity (Wildman–Crippen MR) is 180 cm³/mol. The lowest BCUT2D eigenvalue weighted by Gasteiger charge is -2.38. The molecule has 9 nitrogen and oxygen atoms in total. The molecule has 2 aliphatic heterocycles. The summed E-state index contributed by atoms with van der Waals surface area (Å²) < 4.78 is 25.9. The van der Waals surface area contributed by atoms with Gasteiger partial charge in [0.05, 0.1) is 32.7 Å². The Morgan fingerprint density at radius 1 is 0.956 bits per heavy atom. The molecular weight excluding hydrogens is 675 g/mol. The second-order valence-corrected chi connectivity index (χ2v) is 13.9. The molecule has 2 aromatic carbocycles. The summed E-state index contributed by atoms with van der Waals surface area (Å²) in [7, 11) is 0. The van der Waals surface area contributed by atoms with Crippen LogP contribution in [0.5, 0.6) is 0 Å². The van der Waals surface area contributed by atoms with E-state index in [1.54, 1.807) is 40.0 Å². The van der Waals surface area contributed by atoms with Gasteiger partial charge in [-0.3, -0.25) is 14.8 Å². The van der Waals surface area contributed by atoms with E-state index in [4.69, 9.17) is 39.9 Å². The Morgan fingerprint density at radius 2 is 1.69 bits per heavy atom. The molecule has 0 aliphatic carbocycles. The first-order valence-electron chi connectivity index (χ1n) is 14.4. The van der Waals surface area contributed by atoms with E-state index in [1.165, 1.54) is 15.8 Å². The number of halogens is 3. The van der Waals surface area contributed by atoms with Gasteiger partial charge in [-0.2, -0.15) is 5.10 Å². The largest absolute Gasteiger partial charge is 0.293 e. The summed E-state index contributed by atoms with van der Waals surface area (Å²) in [5.74, 6) is 5.97. The van der Waals surface area contributed by atoms with E-state index in [9.17, 15) is 13.6 Å². The molecule has 2 saturated heterocycles. The number of piperidine rings is 1. The minimum Gasteiger partial charge on any atom is -0.293 e. The summed E-state index contributed by atoms with van der Waals surface area (Å²) in [5, 5.41) is 9.95. The minimum absolute atomic E-state index is 0.0317. The molecule has 14 heteroatoms. The summed E-state index contributed by atoms with van der Waals surface area (Å²) in [4.78, 5) is 15.5. The highest BCUT2D eigenvalue weighted by Gasteiger charge is 2.33. The van der Waals surface area contributed by atoms with Crippen molar-refractivity contribution in [3.05, 3.63) is 91.4 Å². The van der Waals surface area contributed by atoms with Gasteiger partial charge in [-0.15, -0.1) is 15.8 Å². The quantitative estimate of drug-likeness (QED) is 0.158. The van der Waals surface area contributed by atoms with Gasteiger partial charge in [-0.05, 0) is 73.9 Å². The standard InChI is InChI=1S/C31H29Cl3N6O3S2/c32-22-8-5-21(6-9-22)7-11-24-12-14-28(44-24)30-25(20-39(45(42)43)38-17-4-18-38)29(31(41)36-37-15-2-1-3-16-37)35-40(30)27-13-10-23(33)19-26(27)34/h5-6,8-10,12-14,19H,1-4,15-18,20H2,(H,36,41)(H,42,43). The summed E-state index contributed by atoms with van der Waals surface area (Å²) in [5.41, 5.74) is 5.55. The monoisotopic (exact) mass is 702 g/mol. The van der Waals surface area contributed by atoms with Crippen LogP contribution in [0.1, 0.15) is 52.2 Å². The molecule has 0 bridgehead atoms. The van der Waals surface area contributed by atoms with E-state index in [0.717, 1.165) is 54.1 Å². The molecule has 6 rings (SSSR count). The van der Waals surface area contributed by atoms with Crippen LogP contribution in [0.2, 0.25) is 15.1 Å². The van der Waals surface area contributed by atoms with E-state index in [2.05, 4.69) is 17.3 Å². The highest BCUT2D eigenvalue weighted by atomic mass is 35.5. The number of hydrazine groups is 2. The number of nitrogens with zero attached hydrogens (tertiary/aromatic N) is 5. The van der Waals surface area contributed by atoms with Crippen molar-refractivity contribution in [2.24, 2.45) is 0 Å². The van der Waals surface area contributed by atoms with Crippen LogP contribution in [0.3, 0.4) is 0 Å². The number of nitrogens with one attached hydrogen (secondary N) is 1. The van der Waals surface area contributed by atoms with Crippen LogP contribution in [-0.2, 0) is 17.8 Å². The van der Waals surface area contributed by atoms with Gasteiger partial charge in [-0.1, -0.05) is 53.1 Å². The van der Waals surface area contributed by atoms with Crippen molar-refractivity contribution in [2.45, 2.75) is 32.2 Å². The van der Waals surface area contributed by atoms with Gasteiger partial charge < -0.3 is 0 Å². The highest BCUT2D eigenvalue weighted by molar-refractivity contribution is 7.76. The number of amides is 1. The topological polar surface area (TPSA) is 93.9 Å². The van der Waals surface area contributed by atoms with Crippen molar-refractivity contribution in [2.75, 3.05) is 26.2 Å². The van der Waals surface area contributed by atoms with Crippen molar-refractivity contribution in [3.8, 4) is 28.1 Å². The fourth-order valence-electron chi connectivity index (χ4n) is 5.18. The molecule has 4 aromatic rings. The van der Waals surface area contributed by atoms with Crippen molar-refractivity contribution >= 4 is 63.3 Å². The van der Waals surface area contributed by atoms with Crippen molar-refractivity contribution in [1.82, 2.24) is 29.6 Å². The molecule has 0 saturated carbocycles. The molecule has 1 amide bonds. The zero-order chi connectivity index (χ0) is 31.5. The first-order valence-corrected chi connectivity index (χ1v) is 17.4. The van der Waals surface area contributed by atoms with Gasteiger partial charge in [0.2, 0.25) is 11.3 Å². The highest BCUT2D eigenvalue weighted by Crippen LogP contribution is 2.38. The van der Waals surface area contributed by atoms with Gasteiger partial charge >= 0.3 is 0 Å². The van der Waals surface area contributed by atoms with Gasteiger partial charge in [0.25, 0.3) is 5.91 Å². The van der Waals surface area contributed by atoms with Gasteiger partial charge in [0, 0.05) is 47.4 Å². The van der Waals surface area contributed by atoms with Gasteiger partial charge in [0.15, 0.2) is 5.69 Å². The average Bonchev–Trinajstić information content (AvgIpc) is 3.61. The Balaban J connectivity index is 1.49. The maximum atomic E-state index is 13.9. The van der Waals surface area contributed by atoms with Crippen LogP contribution in [0.4, 0.5) is 0 Å². The number of thiophene rings is 1. The van der Waals surface area contributed by atoms with E-state index >= 15 is 0 Å². The van der Waals surface area contributed by atoms with Crippen LogP contribution in [0.25, 0.3) is 16.3 Å². The summed E-state index contributed by atoms with van der Waals surface area (Å²) >= 11 is 18.1. The Bertz CT molecular complexity index is 1790. The van der Waals surface area contributed by atoms with Crippen molar-refractivity contribution in [1.29, 1.82) is 0 Å². The third-order valence-electron chi connectivity index (χ3n) is 7.59. The Labute approximate surface area is 283 Å². The SMILES string of the molecule is O=C(NN1CCCCC1)c1nn(-c2ccc(Cl)cc2Cl)c(-c2ccc(C#Cc3ccc(Cl)cc3)s2)c1CN(N1CCC1)S(=O)O. The maximum Gasteiger partial charge on any atom is 0.286 e. The fourth-order valence-corrected chi connectivity index (χ4v) is 7.31. The number of carbonyl (C=O) groups excluding carboxylic acids is 1. The Hall–Kier alpha value is -2.76. The van der Waals surface area contributed by atoms with Crippen LogP contribution in [-0.4, -0.2) is 65.1 Å². The molecule has 2 aromatic heterocycles. The molecular formula is C31H29Cl3N6O3S2. The van der Waals surface area contributed by atoms with Gasteiger partial charge in [-0.25, -0.2) is 18.9 Å². The maximum absolute atomic E-state index is 13.9.